The maximum Gasteiger partial charge on any atom is 0.322 e. The van der Waals surface area contributed by atoms with E-state index in [0.717, 1.165) is 0 Å². The van der Waals surface area contributed by atoms with E-state index in [1.54, 1.807) is 18.7 Å². The molecule has 0 saturated carbocycles. The van der Waals surface area contributed by atoms with Gasteiger partial charge in [0.2, 0.25) is 5.91 Å². The summed E-state index contributed by atoms with van der Waals surface area (Å²) in [5, 5.41) is 20.7. The third-order valence-electron chi connectivity index (χ3n) is 4.10. The van der Waals surface area contributed by atoms with E-state index >= 15 is 0 Å². The second-order valence-electron chi connectivity index (χ2n) is 6.34. The molecule has 8 nitrogen and oxygen atoms in total. The lowest BCUT2D eigenvalue weighted by atomic mass is 9.96. The molecule has 2 aliphatic rings. The Hall–Kier alpha value is -1.32. The highest BCUT2D eigenvalue weighted by atomic mass is 32.2. The smallest absolute Gasteiger partial charge is 0.322 e. The third kappa shape index (κ3) is 3.78. The molecule has 0 aromatic rings. The number of fused-ring (bicyclic) bond motifs is 1. The Bertz CT molecular complexity index is 561. The first-order chi connectivity index (χ1) is 11.0. The van der Waals surface area contributed by atoms with E-state index < -0.39 is 28.7 Å². The monoisotopic (exact) mass is 346 g/mol. The average Bonchev–Trinajstić information content (AvgIpc) is 2.63. The van der Waals surface area contributed by atoms with Crippen molar-refractivity contribution in [2.45, 2.75) is 61.3 Å². The highest BCUT2D eigenvalue weighted by molar-refractivity contribution is 8.01. The van der Waals surface area contributed by atoms with Crippen LogP contribution in [0.4, 0.5) is 0 Å². The number of carbonyl (C=O) groups excluding carboxylic acids is 1. The van der Waals surface area contributed by atoms with Crippen LogP contribution in [-0.2, 0) is 14.4 Å². The molecule has 2 saturated heterocycles. The predicted octanol–water partition coefficient (Wildman–Crippen LogP) is -0.326. The largest absolute Gasteiger partial charge is 0.480 e. The summed E-state index contributed by atoms with van der Waals surface area (Å²) in [6.45, 7) is 3.77. The number of aliphatic carboxylic acids is 2. The van der Waals surface area contributed by atoms with Gasteiger partial charge in [0.15, 0.2) is 0 Å². The second-order valence-corrected chi connectivity index (χ2v) is 8.08. The lowest BCUT2D eigenvalue weighted by Gasteiger charge is -2.44. The zero-order chi connectivity index (χ0) is 18.3. The van der Waals surface area contributed by atoms with E-state index in [1.807, 2.05) is 0 Å². The number of thioether (sulfide) groups is 1. The number of hydrogen-bond donors (Lipinski definition) is 4. The minimum atomic E-state index is -1.71. The molecule has 0 radical (unpaired) electrons. The van der Waals surface area contributed by atoms with Crippen LogP contribution >= 0.6 is 11.8 Å². The van der Waals surface area contributed by atoms with Gasteiger partial charge in [-0.25, -0.2) is 0 Å². The number of carboxylic acid groups (broad SMARTS) is 2. The van der Waals surface area contributed by atoms with Crippen molar-refractivity contribution in [3.63, 3.8) is 0 Å². The fourth-order valence-corrected chi connectivity index (χ4v) is 4.49. The number of carboxylic acids is 2. The van der Waals surface area contributed by atoms with E-state index in [9.17, 15) is 19.5 Å². The molecular formula is C14H23N3O5S. The quantitative estimate of drug-likeness (QED) is 0.493. The van der Waals surface area contributed by atoms with Gasteiger partial charge in [0.05, 0.1) is 12.8 Å². The third-order valence-corrected chi connectivity index (χ3v) is 5.71. The molecule has 0 aromatic heterocycles. The Morgan fingerprint density at radius 3 is 2.70 bits per heavy atom. The van der Waals surface area contributed by atoms with Gasteiger partial charge in [0.1, 0.15) is 12.1 Å². The summed E-state index contributed by atoms with van der Waals surface area (Å²) in [4.78, 5) is 35.7. The van der Waals surface area contributed by atoms with Crippen molar-refractivity contribution >= 4 is 29.6 Å². The lowest BCUT2D eigenvalue weighted by molar-refractivity contribution is -0.146. The second kappa shape index (κ2) is 6.66. The topological polar surface area (TPSA) is 133 Å². The summed E-state index contributed by atoms with van der Waals surface area (Å²) >= 11 is 1.38. The van der Waals surface area contributed by atoms with Gasteiger partial charge >= 0.3 is 11.9 Å². The summed E-state index contributed by atoms with van der Waals surface area (Å²) in [6.07, 6.45) is 0.763. The summed E-state index contributed by atoms with van der Waals surface area (Å²) in [7, 11) is 0. The normalized spacial score (nSPS) is 34.0. The fraction of sp³-hybridized carbons (Fsp3) is 0.786. The summed E-state index contributed by atoms with van der Waals surface area (Å²) in [6, 6.07) is -2.89. The summed E-state index contributed by atoms with van der Waals surface area (Å²) in [5.74, 6) is -2.49. The number of hydrogen-bond acceptors (Lipinski definition) is 6. The van der Waals surface area contributed by atoms with E-state index in [0.29, 0.717) is 13.0 Å². The molecular weight excluding hydrogens is 322 g/mol. The molecule has 2 fully saturated rings. The molecule has 0 aliphatic carbocycles. The molecule has 2 heterocycles. The van der Waals surface area contributed by atoms with Gasteiger partial charge in [-0.3, -0.25) is 19.3 Å². The molecule has 0 unspecified atom stereocenters. The molecule has 2 rings (SSSR count). The molecule has 0 spiro atoms. The first-order valence-corrected chi connectivity index (χ1v) is 8.34. The number of rotatable bonds is 7. The van der Waals surface area contributed by atoms with Crippen molar-refractivity contribution in [3.8, 4) is 0 Å². The lowest BCUT2D eigenvalue weighted by Crippen LogP contribution is -2.66. The van der Waals surface area contributed by atoms with Gasteiger partial charge in [0, 0.05) is 17.7 Å². The molecule has 0 aromatic carbocycles. The summed E-state index contributed by atoms with van der Waals surface area (Å²) < 4.78 is 7.53. The molecule has 2 aliphatic heterocycles. The van der Waals surface area contributed by atoms with Crippen molar-refractivity contribution in [1.29, 1.82) is 0 Å². The maximum absolute atomic E-state index is 12.0. The number of nitrogens with zero attached hydrogens (tertiary/aromatic N) is 1. The highest BCUT2D eigenvalue weighted by Crippen LogP contribution is 2.50. The predicted molar refractivity (Wildman–Crippen MR) is 85.0 cm³/mol. The first-order valence-electron chi connectivity index (χ1n) is 7.96. The van der Waals surface area contributed by atoms with Gasteiger partial charge in [-0.05, 0) is 26.7 Å². The van der Waals surface area contributed by atoms with Crippen molar-refractivity contribution in [2.75, 3.05) is 6.54 Å². The Morgan fingerprint density at radius 1 is 1.48 bits per heavy atom. The van der Waals surface area contributed by atoms with Crippen LogP contribution in [0.5, 0.6) is 0 Å². The molecule has 130 valence electrons. The maximum atomic E-state index is 12.0. The van der Waals surface area contributed by atoms with Gasteiger partial charge in [-0.2, -0.15) is 0 Å². The van der Waals surface area contributed by atoms with Gasteiger partial charge < -0.3 is 21.3 Å². The van der Waals surface area contributed by atoms with Crippen molar-refractivity contribution in [3.05, 3.63) is 0 Å². The van der Waals surface area contributed by atoms with Crippen LogP contribution in [0.25, 0.3) is 0 Å². The fourth-order valence-electron chi connectivity index (χ4n) is 2.94. The highest BCUT2D eigenvalue weighted by Gasteiger charge is 2.59. The van der Waals surface area contributed by atoms with Gasteiger partial charge in [-0.15, -0.1) is 11.8 Å². The van der Waals surface area contributed by atoms with Gasteiger partial charge in [-0.1, -0.05) is 0 Å². The standard InChI is InChI=1S/C14H23N3O5S/c1-14(2)10(13(21)22)17-6-8(11(17)23-14)16-9(18)5-3-4-7(15)12(19)20/h7-8,10-11H,3-6,15H2,1-2H3,(H,16,18)(H,19,20)(H,21,22)/t7-,8-,10+,11-/m1/s1/i10D. The van der Waals surface area contributed by atoms with Crippen molar-refractivity contribution in [1.82, 2.24) is 10.2 Å². The molecule has 1 amide bonds. The van der Waals surface area contributed by atoms with E-state index in [4.69, 9.17) is 12.2 Å². The van der Waals surface area contributed by atoms with Crippen LogP contribution in [0.15, 0.2) is 0 Å². The van der Waals surface area contributed by atoms with Crippen molar-refractivity contribution < 1.29 is 26.0 Å². The zero-order valence-electron chi connectivity index (χ0n) is 14.1. The molecule has 4 atom stereocenters. The SMILES string of the molecule is [2H][C@@]1(C(=O)O)N2C[C@@H](NC(=O)CCC[C@@H](N)C(=O)O)[C@H]2SC1(C)C. The molecule has 9 heteroatoms. The Morgan fingerprint density at radius 2 is 2.13 bits per heavy atom. The number of amides is 1. The van der Waals surface area contributed by atoms with Crippen LogP contribution in [0.3, 0.4) is 0 Å². The minimum Gasteiger partial charge on any atom is -0.480 e. The van der Waals surface area contributed by atoms with Crippen LogP contribution in [0.1, 0.15) is 34.5 Å². The Balaban J connectivity index is 1.84. The zero-order valence-corrected chi connectivity index (χ0v) is 13.9. The molecule has 5 N–H and O–H groups in total. The van der Waals surface area contributed by atoms with Crippen LogP contribution in [0, 0.1) is 0 Å². The number of nitrogens with one attached hydrogen (secondary N) is 1. The van der Waals surface area contributed by atoms with Crippen LogP contribution in [-0.4, -0.2) is 67.7 Å². The Labute approximate surface area is 140 Å². The average molecular weight is 346 g/mol. The summed E-state index contributed by atoms with van der Waals surface area (Å²) in [5.41, 5.74) is 5.38. The number of carbonyl (C=O) groups is 3. The first kappa shape index (κ1) is 16.5. The van der Waals surface area contributed by atoms with Crippen molar-refractivity contribution in [2.24, 2.45) is 5.73 Å². The number of nitrogens with two attached hydrogens (primary N) is 1. The van der Waals surface area contributed by atoms with Crippen LogP contribution < -0.4 is 11.1 Å². The van der Waals surface area contributed by atoms with E-state index in [2.05, 4.69) is 5.32 Å². The van der Waals surface area contributed by atoms with Crippen LogP contribution in [0.2, 0.25) is 0 Å². The molecule has 0 bridgehead atoms. The van der Waals surface area contributed by atoms with E-state index in [1.165, 1.54) is 11.8 Å². The minimum absolute atomic E-state index is 0.170. The van der Waals surface area contributed by atoms with E-state index in [-0.39, 0.29) is 30.2 Å². The van der Waals surface area contributed by atoms with Gasteiger partial charge in [0.25, 0.3) is 0 Å². The molecule has 23 heavy (non-hydrogen) atoms. The Kier molecular flexibility index (Phi) is 4.79.